The van der Waals surface area contributed by atoms with Crippen LogP contribution in [0.1, 0.15) is 256 Å². The van der Waals surface area contributed by atoms with Gasteiger partial charge in [0.2, 0.25) is 0 Å². The molecule has 336 valence electrons. The van der Waals surface area contributed by atoms with Gasteiger partial charge in [0.05, 0.1) is 17.1 Å². The molecule has 2 rings (SSSR count). The molecule has 2 nitrogen and oxygen atoms in total. The zero-order valence-electron chi connectivity index (χ0n) is 39.7. The van der Waals surface area contributed by atoms with Crippen LogP contribution in [-0.2, 0) is 42.2 Å². The van der Waals surface area contributed by atoms with Crippen LogP contribution in [0.3, 0.4) is 0 Å². The van der Waals surface area contributed by atoms with Crippen molar-refractivity contribution in [1.82, 2.24) is 0 Å². The first kappa shape index (κ1) is 54.9. The van der Waals surface area contributed by atoms with Gasteiger partial charge in [-0.25, -0.2) is 4.99 Å². The largest absolute Gasteiger partial charge is 0.250 e. The summed E-state index contributed by atoms with van der Waals surface area (Å²) in [4.78, 5) is 10.6. The van der Waals surface area contributed by atoms with Crippen molar-refractivity contribution in [3.8, 4) is 11.8 Å². The smallest absolute Gasteiger partial charge is 0.135 e. The van der Waals surface area contributed by atoms with Crippen molar-refractivity contribution < 1.29 is 16.5 Å². The van der Waals surface area contributed by atoms with Gasteiger partial charge in [-0.15, -0.1) is 0 Å². The Bertz CT molecular complexity index is 1380. The SMILES string of the molecule is CCCCCCCCCCCCCCCCCCCCCCCCCCCCC#CC(=N\c1cc(CC)cc(CC)c1)/C(CCCC)=N/c1cc(CC)cc(CC)c1.[Ni]. The van der Waals surface area contributed by atoms with Gasteiger partial charge in [0, 0.05) is 22.9 Å². The molecule has 0 amide bonds. The molecule has 0 aromatic heterocycles. The first-order valence-electron chi connectivity index (χ1n) is 25.5. The monoisotopic (exact) mass is 851 g/mol. The minimum atomic E-state index is 0. The molecule has 0 saturated heterocycles. The van der Waals surface area contributed by atoms with E-state index in [2.05, 4.69) is 89.8 Å². The van der Waals surface area contributed by atoms with Crippen molar-refractivity contribution in [1.29, 1.82) is 0 Å². The summed E-state index contributed by atoms with van der Waals surface area (Å²) in [7, 11) is 0. The maximum Gasteiger partial charge on any atom is 0.135 e. The number of rotatable bonds is 36. The standard InChI is InChI=1S/C56H92N2.Ni/c1-7-13-15-16-17-18-19-20-21-22-23-24-25-26-27-28-29-30-31-32-33-34-35-36-37-38-39-40-42-56(58-54-47-51(11-5)44-52(12-6)48-54)55(41-14-8-2)57-53-45-49(9-3)43-50(10-4)46-53;/h43-48H,7-39,41H2,1-6H3;/b57-55+,58-56+;. The molecular weight excluding hydrogens is 759 g/mol. The zero-order valence-corrected chi connectivity index (χ0v) is 40.7. The van der Waals surface area contributed by atoms with Gasteiger partial charge in [-0.2, -0.15) is 0 Å². The Kier molecular flexibility index (Phi) is 36.0. The van der Waals surface area contributed by atoms with E-state index in [-0.39, 0.29) is 16.5 Å². The molecule has 3 heteroatoms. The van der Waals surface area contributed by atoms with E-state index < -0.39 is 0 Å². The van der Waals surface area contributed by atoms with Gasteiger partial charge >= 0.3 is 0 Å². The van der Waals surface area contributed by atoms with E-state index in [9.17, 15) is 0 Å². The summed E-state index contributed by atoms with van der Waals surface area (Å²) in [6.07, 6.45) is 45.2. The van der Waals surface area contributed by atoms with E-state index >= 15 is 0 Å². The van der Waals surface area contributed by atoms with E-state index in [1.54, 1.807) is 0 Å². The number of aliphatic imine (C=N–C) groups is 2. The van der Waals surface area contributed by atoms with Crippen molar-refractivity contribution in [3.05, 3.63) is 58.7 Å². The molecule has 0 aliphatic carbocycles. The average molecular weight is 852 g/mol. The molecule has 0 N–H and O–H groups in total. The van der Waals surface area contributed by atoms with Crippen LogP contribution in [0.15, 0.2) is 46.4 Å². The maximum absolute atomic E-state index is 5.30. The molecule has 0 bridgehead atoms. The van der Waals surface area contributed by atoms with E-state index in [4.69, 9.17) is 9.98 Å². The number of aryl methyl sites for hydroxylation is 4. The zero-order chi connectivity index (χ0) is 41.7. The van der Waals surface area contributed by atoms with Gasteiger partial charge in [-0.1, -0.05) is 227 Å². The summed E-state index contributed by atoms with van der Waals surface area (Å²) >= 11 is 0. The van der Waals surface area contributed by atoms with Gasteiger partial charge < -0.3 is 0 Å². The predicted molar refractivity (Wildman–Crippen MR) is 262 cm³/mol. The first-order chi connectivity index (χ1) is 28.6. The number of unbranched alkanes of at least 4 members (excludes halogenated alkanes) is 27. The van der Waals surface area contributed by atoms with Gasteiger partial charge in [0.25, 0.3) is 0 Å². The Hall–Kier alpha value is -2.17. The number of hydrogen-bond donors (Lipinski definition) is 0. The van der Waals surface area contributed by atoms with E-state index in [1.165, 1.54) is 189 Å². The van der Waals surface area contributed by atoms with Gasteiger partial charge in [0.1, 0.15) is 5.71 Å². The molecule has 0 heterocycles. The molecule has 0 saturated carbocycles. The minimum absolute atomic E-state index is 0. The number of hydrogen-bond acceptors (Lipinski definition) is 2. The molecule has 0 unspecified atom stereocenters. The van der Waals surface area contributed by atoms with Gasteiger partial charge in [-0.3, -0.25) is 4.99 Å². The second-order valence-corrected chi connectivity index (χ2v) is 17.4. The summed E-state index contributed by atoms with van der Waals surface area (Å²) in [5.41, 5.74) is 9.33. The van der Waals surface area contributed by atoms with E-state index in [0.29, 0.717) is 0 Å². The third kappa shape index (κ3) is 28.1. The van der Waals surface area contributed by atoms with Crippen LogP contribution in [0.2, 0.25) is 0 Å². The normalized spacial score (nSPS) is 11.8. The molecule has 2 aromatic rings. The minimum Gasteiger partial charge on any atom is -0.250 e. The summed E-state index contributed by atoms with van der Waals surface area (Å²) in [5.74, 6) is 7.12. The Labute approximate surface area is 377 Å². The summed E-state index contributed by atoms with van der Waals surface area (Å²) in [6, 6.07) is 13.6. The van der Waals surface area contributed by atoms with Crippen molar-refractivity contribution in [2.75, 3.05) is 0 Å². The Morgan fingerprint density at radius 2 is 0.678 bits per heavy atom. The molecule has 0 fully saturated rings. The summed E-state index contributed by atoms with van der Waals surface area (Å²) in [6.45, 7) is 13.5. The quantitative estimate of drug-likeness (QED) is 0.0282. The predicted octanol–water partition coefficient (Wildman–Crippen LogP) is 18.5. The fraction of sp³-hybridized carbons (Fsp3) is 0.714. The maximum atomic E-state index is 5.30. The van der Waals surface area contributed by atoms with Gasteiger partial charge in [-0.05, 0) is 97.4 Å². The molecule has 0 spiro atoms. The second-order valence-electron chi connectivity index (χ2n) is 17.4. The number of nitrogens with zero attached hydrogens (tertiary/aromatic N) is 2. The van der Waals surface area contributed by atoms with Crippen LogP contribution in [-0.4, -0.2) is 11.4 Å². The van der Waals surface area contributed by atoms with Gasteiger partial charge in [0.15, 0.2) is 0 Å². The van der Waals surface area contributed by atoms with Crippen molar-refractivity contribution in [3.63, 3.8) is 0 Å². The first-order valence-corrected chi connectivity index (χ1v) is 25.5. The van der Waals surface area contributed by atoms with Crippen molar-refractivity contribution in [2.45, 2.75) is 260 Å². The van der Waals surface area contributed by atoms with E-state index in [0.717, 1.165) is 74.2 Å². The van der Waals surface area contributed by atoms with Crippen LogP contribution in [0.4, 0.5) is 11.4 Å². The Morgan fingerprint density at radius 3 is 1.00 bits per heavy atom. The fourth-order valence-corrected chi connectivity index (χ4v) is 8.13. The summed E-state index contributed by atoms with van der Waals surface area (Å²) < 4.78 is 0. The third-order valence-electron chi connectivity index (χ3n) is 12.1. The average Bonchev–Trinajstić information content (AvgIpc) is 3.25. The molecular formula is C56H92N2Ni. The van der Waals surface area contributed by atoms with Crippen molar-refractivity contribution >= 4 is 22.8 Å². The topological polar surface area (TPSA) is 24.7 Å². The summed E-state index contributed by atoms with van der Waals surface area (Å²) in [5, 5.41) is 0. The molecule has 0 aliphatic rings. The number of benzene rings is 2. The Balaban J connectivity index is 0.0000174. The third-order valence-corrected chi connectivity index (χ3v) is 12.1. The molecule has 0 radical (unpaired) electrons. The van der Waals surface area contributed by atoms with Crippen LogP contribution in [0.25, 0.3) is 0 Å². The molecule has 2 aromatic carbocycles. The molecule has 59 heavy (non-hydrogen) atoms. The second kappa shape index (κ2) is 38.7. The van der Waals surface area contributed by atoms with Crippen LogP contribution >= 0.6 is 0 Å². The molecule has 0 aliphatic heterocycles. The van der Waals surface area contributed by atoms with Crippen LogP contribution in [0, 0.1) is 11.8 Å². The van der Waals surface area contributed by atoms with Crippen molar-refractivity contribution in [2.24, 2.45) is 9.98 Å². The molecule has 0 atom stereocenters. The van der Waals surface area contributed by atoms with Crippen LogP contribution < -0.4 is 0 Å². The fourth-order valence-electron chi connectivity index (χ4n) is 8.13. The Morgan fingerprint density at radius 1 is 0.373 bits per heavy atom. The van der Waals surface area contributed by atoms with E-state index in [1.807, 2.05) is 0 Å². The van der Waals surface area contributed by atoms with Crippen LogP contribution in [0.5, 0.6) is 0 Å².